The molecule has 0 aliphatic rings. The Morgan fingerprint density at radius 3 is 2.86 bits per heavy atom. The van der Waals surface area contributed by atoms with Crippen LogP contribution in [0.25, 0.3) is 0 Å². The van der Waals surface area contributed by atoms with Gasteiger partial charge < -0.3 is 10.4 Å². The summed E-state index contributed by atoms with van der Waals surface area (Å²) in [6.07, 6.45) is 3.85. The van der Waals surface area contributed by atoms with Crippen LogP contribution >= 0.6 is 11.3 Å². The van der Waals surface area contributed by atoms with Gasteiger partial charge in [0, 0.05) is 13.0 Å². The number of aliphatic hydroxyl groups is 1. The molecule has 3 nitrogen and oxygen atoms in total. The molecule has 0 fully saturated rings. The summed E-state index contributed by atoms with van der Waals surface area (Å²) in [5.41, 5.74) is 1.02. The lowest BCUT2D eigenvalue weighted by molar-refractivity contribution is 0.0957. The molecule has 0 saturated carbocycles. The summed E-state index contributed by atoms with van der Waals surface area (Å²) in [5.74, 6) is 6.61. The van der Waals surface area contributed by atoms with Crippen molar-refractivity contribution in [3.8, 4) is 11.8 Å². The monoisotopic (exact) mass is 307 g/mol. The van der Waals surface area contributed by atoms with E-state index in [1.807, 2.05) is 13.0 Å². The summed E-state index contributed by atoms with van der Waals surface area (Å²) < 4.78 is 0. The number of hydrogen-bond acceptors (Lipinski definition) is 3. The number of hydrogen-bond donors (Lipinski definition) is 2. The van der Waals surface area contributed by atoms with Crippen molar-refractivity contribution >= 4 is 17.2 Å². The lowest BCUT2D eigenvalue weighted by atomic mass is 10.1. The highest BCUT2D eigenvalue weighted by atomic mass is 32.1. The van der Waals surface area contributed by atoms with Crippen LogP contribution in [0.4, 0.5) is 0 Å². The molecule has 0 radical (unpaired) electrons. The molecule has 1 heterocycles. The smallest absolute Gasteiger partial charge is 0.261 e. The maximum atomic E-state index is 12.0. The van der Waals surface area contributed by atoms with Gasteiger partial charge in [-0.05, 0) is 30.9 Å². The van der Waals surface area contributed by atoms with Gasteiger partial charge in [0.15, 0.2) is 0 Å². The van der Waals surface area contributed by atoms with Crippen molar-refractivity contribution in [1.29, 1.82) is 0 Å². The molecule has 0 bridgehead atoms. The Hall–Kier alpha value is -1.31. The largest absolute Gasteiger partial charge is 0.395 e. The number of carbonyl (C=O) groups excluding carboxylic acids is 1. The van der Waals surface area contributed by atoms with Crippen molar-refractivity contribution in [2.45, 2.75) is 46.5 Å². The van der Waals surface area contributed by atoms with Crippen LogP contribution < -0.4 is 5.32 Å². The van der Waals surface area contributed by atoms with E-state index in [9.17, 15) is 4.79 Å². The minimum absolute atomic E-state index is 0.0112. The molecular formula is C17H25NO2S. The molecule has 0 atom stereocenters. The van der Waals surface area contributed by atoms with E-state index in [4.69, 9.17) is 5.11 Å². The van der Waals surface area contributed by atoms with Crippen LogP contribution in [0, 0.1) is 24.7 Å². The number of unbranched alkanes of at least 4 members (excludes halogenated alkanes) is 1. The number of aryl methyl sites for hydroxylation is 1. The van der Waals surface area contributed by atoms with E-state index in [1.54, 1.807) is 0 Å². The number of thiophene rings is 1. The van der Waals surface area contributed by atoms with Crippen LogP contribution in [0.15, 0.2) is 6.07 Å². The van der Waals surface area contributed by atoms with Gasteiger partial charge in [0.2, 0.25) is 0 Å². The van der Waals surface area contributed by atoms with Gasteiger partial charge >= 0.3 is 0 Å². The third kappa shape index (κ3) is 6.79. The quantitative estimate of drug-likeness (QED) is 0.599. The molecule has 21 heavy (non-hydrogen) atoms. The van der Waals surface area contributed by atoms with E-state index < -0.39 is 0 Å². The van der Waals surface area contributed by atoms with Crippen molar-refractivity contribution in [3.63, 3.8) is 0 Å². The fourth-order valence-electron chi connectivity index (χ4n) is 1.88. The van der Waals surface area contributed by atoms with Gasteiger partial charge in [0.1, 0.15) is 0 Å². The zero-order valence-electron chi connectivity index (χ0n) is 13.2. The highest BCUT2D eigenvalue weighted by molar-refractivity contribution is 7.14. The predicted octanol–water partition coefficient (Wildman–Crippen LogP) is 3.35. The minimum Gasteiger partial charge on any atom is -0.395 e. The Balaban J connectivity index is 2.45. The van der Waals surface area contributed by atoms with Crippen LogP contribution in [-0.2, 0) is 0 Å². The maximum Gasteiger partial charge on any atom is 0.261 e. The maximum absolute atomic E-state index is 12.0. The lowest BCUT2D eigenvalue weighted by Crippen LogP contribution is -2.23. The predicted molar refractivity (Wildman–Crippen MR) is 88.7 cm³/mol. The van der Waals surface area contributed by atoms with E-state index in [2.05, 4.69) is 31.0 Å². The van der Waals surface area contributed by atoms with E-state index in [-0.39, 0.29) is 12.5 Å². The zero-order valence-corrected chi connectivity index (χ0v) is 14.0. The fraction of sp³-hybridized carbons (Fsp3) is 0.588. The van der Waals surface area contributed by atoms with Gasteiger partial charge in [-0.1, -0.05) is 38.5 Å². The van der Waals surface area contributed by atoms with E-state index in [0.29, 0.717) is 11.3 Å². The molecule has 1 aromatic heterocycles. The summed E-state index contributed by atoms with van der Waals surface area (Å²) in [6, 6.07) is 1.89. The average Bonchev–Trinajstić information content (AvgIpc) is 2.80. The van der Waals surface area contributed by atoms with Crippen molar-refractivity contribution in [2.24, 2.45) is 5.92 Å². The number of aliphatic hydroxyl groups excluding tert-OH is 1. The Morgan fingerprint density at radius 1 is 1.43 bits per heavy atom. The van der Waals surface area contributed by atoms with Crippen LogP contribution in [0.5, 0.6) is 0 Å². The average molecular weight is 307 g/mol. The Morgan fingerprint density at radius 2 is 2.19 bits per heavy atom. The number of nitrogens with one attached hydrogen (secondary N) is 1. The van der Waals surface area contributed by atoms with Crippen LogP contribution in [0.3, 0.4) is 0 Å². The molecule has 1 aromatic rings. The molecule has 1 amide bonds. The first-order valence-corrected chi connectivity index (χ1v) is 8.34. The van der Waals surface area contributed by atoms with Crippen LogP contribution in [0.1, 0.15) is 59.6 Å². The molecule has 0 saturated heterocycles. The number of amides is 1. The highest BCUT2D eigenvalue weighted by Crippen LogP contribution is 2.20. The third-order valence-corrected chi connectivity index (χ3v) is 4.23. The molecular weight excluding hydrogens is 282 g/mol. The summed E-state index contributed by atoms with van der Waals surface area (Å²) >= 11 is 1.42. The van der Waals surface area contributed by atoms with E-state index >= 15 is 0 Å². The fourth-order valence-corrected chi connectivity index (χ4v) is 2.85. The van der Waals surface area contributed by atoms with Gasteiger partial charge in [-0.15, -0.1) is 11.3 Å². The van der Waals surface area contributed by atoms with Crippen molar-refractivity contribution in [1.82, 2.24) is 5.32 Å². The first-order valence-electron chi connectivity index (χ1n) is 7.53. The third-order valence-electron chi connectivity index (χ3n) is 3.07. The molecule has 2 N–H and O–H groups in total. The molecule has 4 heteroatoms. The summed E-state index contributed by atoms with van der Waals surface area (Å²) in [6.45, 7) is 7.19. The Bertz CT molecular complexity index is 509. The second-order valence-corrected chi connectivity index (χ2v) is 6.60. The molecule has 0 aliphatic carbocycles. The lowest BCUT2D eigenvalue weighted by Gasteiger charge is -2.05. The minimum atomic E-state index is -0.0112. The van der Waals surface area contributed by atoms with E-state index in [1.165, 1.54) is 17.8 Å². The Kier molecular flexibility index (Phi) is 8.11. The number of carbonyl (C=O) groups is 1. The van der Waals surface area contributed by atoms with Crippen molar-refractivity contribution in [3.05, 3.63) is 21.4 Å². The molecule has 0 unspecified atom stereocenters. The van der Waals surface area contributed by atoms with Gasteiger partial charge in [-0.25, -0.2) is 0 Å². The summed E-state index contributed by atoms with van der Waals surface area (Å²) in [5, 5.41) is 11.7. The molecule has 0 aliphatic heterocycles. The van der Waals surface area contributed by atoms with Crippen LogP contribution in [-0.4, -0.2) is 24.2 Å². The van der Waals surface area contributed by atoms with Gasteiger partial charge in [-0.2, -0.15) is 0 Å². The molecule has 116 valence electrons. The molecule has 1 rings (SSSR count). The first kappa shape index (κ1) is 17.7. The highest BCUT2D eigenvalue weighted by Gasteiger charge is 2.10. The summed E-state index contributed by atoms with van der Waals surface area (Å²) in [4.78, 5) is 13.7. The normalized spacial score (nSPS) is 10.3. The molecule has 0 aromatic carbocycles. The molecule has 0 spiro atoms. The van der Waals surface area contributed by atoms with Crippen molar-refractivity contribution in [2.75, 3.05) is 13.2 Å². The van der Waals surface area contributed by atoms with Crippen molar-refractivity contribution < 1.29 is 9.90 Å². The first-order chi connectivity index (χ1) is 10.0. The van der Waals surface area contributed by atoms with Gasteiger partial charge in [-0.3, -0.25) is 4.79 Å². The van der Waals surface area contributed by atoms with Gasteiger partial charge in [0.25, 0.3) is 5.91 Å². The van der Waals surface area contributed by atoms with Gasteiger partial charge in [0.05, 0.1) is 16.4 Å². The standard InChI is InChI=1S/C17H25NO2S/c1-13(2)8-4-6-10-18-17(20)16-12-14(3)15(21-16)9-5-7-11-19/h12-13,19H,4,6-8,10-11H2,1-3H3,(H,18,20). The second kappa shape index (κ2) is 9.59. The topological polar surface area (TPSA) is 49.3 Å². The zero-order chi connectivity index (χ0) is 15.7. The van der Waals surface area contributed by atoms with E-state index in [0.717, 1.165) is 35.7 Å². The SMILES string of the molecule is Cc1cc(C(=O)NCCCCC(C)C)sc1C#CCCO. The number of rotatable bonds is 7. The summed E-state index contributed by atoms with van der Waals surface area (Å²) in [7, 11) is 0. The Labute approximate surface area is 131 Å². The van der Waals surface area contributed by atoms with Crippen LogP contribution in [0.2, 0.25) is 0 Å². The second-order valence-electron chi connectivity index (χ2n) is 5.54.